The Balaban J connectivity index is 1.58. The number of fused-ring (bicyclic) bond motifs is 1. The molecule has 0 spiro atoms. The highest BCUT2D eigenvalue weighted by Crippen LogP contribution is 2.32. The van der Waals surface area contributed by atoms with E-state index in [9.17, 15) is 9.18 Å². The van der Waals surface area contributed by atoms with Crippen molar-refractivity contribution in [2.75, 3.05) is 17.7 Å². The molecule has 5 aromatic rings. The van der Waals surface area contributed by atoms with E-state index in [1.165, 1.54) is 18.5 Å². The fourth-order valence-electron chi connectivity index (χ4n) is 4.44. The van der Waals surface area contributed by atoms with Crippen LogP contribution < -0.4 is 21.2 Å². The van der Waals surface area contributed by atoms with Crippen LogP contribution in [0.2, 0.25) is 0 Å². The Kier molecular flexibility index (Phi) is 7.05. The molecule has 8 nitrogen and oxygen atoms in total. The van der Waals surface area contributed by atoms with Gasteiger partial charge in [0.1, 0.15) is 40.9 Å². The van der Waals surface area contributed by atoms with Gasteiger partial charge in [-0.05, 0) is 67.9 Å². The molecule has 0 amide bonds. The van der Waals surface area contributed by atoms with Crippen molar-refractivity contribution in [3.05, 3.63) is 112 Å². The molecule has 2 heterocycles. The maximum Gasteiger partial charge on any atom is 0.200 e. The number of nitrogens with one attached hydrogen (secondary N) is 2. The molecule has 2 aromatic heterocycles. The summed E-state index contributed by atoms with van der Waals surface area (Å²) in [6, 6.07) is 19.2. The van der Waals surface area contributed by atoms with Crippen molar-refractivity contribution < 1.29 is 13.5 Å². The first-order valence-electron chi connectivity index (χ1n) is 12.4. The molecule has 0 aliphatic carbocycles. The Morgan fingerprint density at radius 2 is 1.87 bits per heavy atom. The number of anilines is 2. The molecule has 0 fully saturated rings. The number of nitrogen functional groups attached to an aromatic ring is 1. The SMILES string of the molecule is CCOc1ccc(C(=N)c2c(N)ncnc2NC(C)c2oc3ccccc3c(=O)c2-c2cccc(F)c2)cc1. The van der Waals surface area contributed by atoms with Crippen molar-refractivity contribution in [3.63, 3.8) is 0 Å². The average Bonchev–Trinajstić information content (AvgIpc) is 2.93. The third-order valence-electron chi connectivity index (χ3n) is 6.27. The van der Waals surface area contributed by atoms with Gasteiger partial charge in [0.05, 0.1) is 34.9 Å². The Bertz CT molecular complexity index is 1730. The summed E-state index contributed by atoms with van der Waals surface area (Å²) in [6.07, 6.45) is 1.30. The zero-order valence-corrected chi connectivity index (χ0v) is 21.4. The quantitative estimate of drug-likeness (QED) is 0.214. The monoisotopic (exact) mass is 523 g/mol. The van der Waals surface area contributed by atoms with Gasteiger partial charge in [0.25, 0.3) is 0 Å². The van der Waals surface area contributed by atoms with Crippen LogP contribution >= 0.6 is 0 Å². The molecule has 0 radical (unpaired) electrons. The minimum Gasteiger partial charge on any atom is -0.494 e. The Hall–Kier alpha value is -5.05. The normalized spacial score (nSPS) is 11.8. The number of hydrogen-bond donors (Lipinski definition) is 3. The number of nitrogens with two attached hydrogens (primary N) is 1. The third-order valence-corrected chi connectivity index (χ3v) is 6.27. The minimum atomic E-state index is -0.623. The Morgan fingerprint density at radius 1 is 1.10 bits per heavy atom. The second kappa shape index (κ2) is 10.7. The van der Waals surface area contributed by atoms with E-state index in [1.54, 1.807) is 67.6 Å². The summed E-state index contributed by atoms with van der Waals surface area (Å²) >= 11 is 0. The fraction of sp³-hybridized carbons (Fsp3) is 0.133. The van der Waals surface area contributed by atoms with Crippen LogP contribution in [-0.2, 0) is 0 Å². The maximum absolute atomic E-state index is 14.2. The molecule has 4 N–H and O–H groups in total. The summed E-state index contributed by atoms with van der Waals surface area (Å²) in [4.78, 5) is 22.0. The van der Waals surface area contributed by atoms with Crippen molar-refractivity contribution in [1.82, 2.24) is 9.97 Å². The van der Waals surface area contributed by atoms with E-state index in [0.29, 0.717) is 45.8 Å². The van der Waals surface area contributed by atoms with Crippen LogP contribution in [0.25, 0.3) is 22.1 Å². The number of aromatic nitrogens is 2. The Labute approximate surface area is 223 Å². The van der Waals surface area contributed by atoms with Crippen molar-refractivity contribution in [1.29, 1.82) is 5.41 Å². The second-order valence-corrected chi connectivity index (χ2v) is 8.86. The highest BCUT2D eigenvalue weighted by Gasteiger charge is 2.24. The van der Waals surface area contributed by atoms with Gasteiger partial charge in [0.2, 0.25) is 5.43 Å². The summed E-state index contributed by atoms with van der Waals surface area (Å²) in [7, 11) is 0. The molecule has 1 atom stereocenters. The van der Waals surface area contributed by atoms with Crippen LogP contribution in [0.15, 0.2) is 88.3 Å². The molecule has 0 aliphatic rings. The van der Waals surface area contributed by atoms with Crippen LogP contribution in [0.4, 0.5) is 16.0 Å². The molecule has 196 valence electrons. The summed E-state index contributed by atoms with van der Waals surface area (Å²) in [6.45, 7) is 4.22. The number of halogens is 1. The van der Waals surface area contributed by atoms with Gasteiger partial charge >= 0.3 is 0 Å². The van der Waals surface area contributed by atoms with Gasteiger partial charge in [-0.25, -0.2) is 14.4 Å². The summed E-state index contributed by atoms with van der Waals surface area (Å²) in [5.41, 5.74) is 7.95. The smallest absolute Gasteiger partial charge is 0.200 e. The van der Waals surface area contributed by atoms with E-state index in [0.717, 1.165) is 0 Å². The molecule has 5 rings (SSSR count). The largest absolute Gasteiger partial charge is 0.494 e. The van der Waals surface area contributed by atoms with Crippen LogP contribution in [0, 0.1) is 11.2 Å². The summed E-state index contributed by atoms with van der Waals surface area (Å²) in [5, 5.41) is 12.5. The molecule has 0 bridgehead atoms. The second-order valence-electron chi connectivity index (χ2n) is 8.86. The third kappa shape index (κ3) is 5.06. The first-order valence-corrected chi connectivity index (χ1v) is 12.4. The number of benzene rings is 3. The lowest BCUT2D eigenvalue weighted by atomic mass is 9.98. The topological polar surface area (TPSA) is 127 Å². The van der Waals surface area contributed by atoms with E-state index < -0.39 is 11.9 Å². The minimum absolute atomic E-state index is 0.108. The van der Waals surface area contributed by atoms with E-state index in [1.807, 2.05) is 6.92 Å². The highest BCUT2D eigenvalue weighted by molar-refractivity contribution is 6.16. The van der Waals surface area contributed by atoms with Gasteiger partial charge in [-0.2, -0.15) is 0 Å². The lowest BCUT2D eigenvalue weighted by Crippen LogP contribution is -2.18. The van der Waals surface area contributed by atoms with E-state index in [-0.39, 0.29) is 28.3 Å². The van der Waals surface area contributed by atoms with E-state index >= 15 is 0 Å². The standard InChI is InChI=1S/C30H26FN5O3/c1-3-38-21-13-11-18(12-14-21)26(32)25-29(33)34-16-35-30(25)36-17(2)28-24(19-7-6-8-20(31)15-19)27(37)22-9-4-5-10-23(22)39-28/h4-17,32H,3H2,1-2H3,(H3,33,34,35,36). The molecule has 0 saturated carbocycles. The summed E-state index contributed by atoms with van der Waals surface area (Å²) < 4.78 is 25.9. The Morgan fingerprint density at radius 3 is 2.62 bits per heavy atom. The molecular formula is C30H26FN5O3. The lowest BCUT2D eigenvalue weighted by molar-refractivity contribution is 0.340. The van der Waals surface area contributed by atoms with Gasteiger partial charge in [0, 0.05) is 5.56 Å². The molecule has 9 heteroatoms. The molecule has 39 heavy (non-hydrogen) atoms. The van der Waals surface area contributed by atoms with Crippen molar-refractivity contribution in [2.24, 2.45) is 0 Å². The van der Waals surface area contributed by atoms with Crippen molar-refractivity contribution in [3.8, 4) is 16.9 Å². The van der Waals surface area contributed by atoms with Crippen molar-refractivity contribution >= 4 is 28.3 Å². The van der Waals surface area contributed by atoms with E-state index in [4.69, 9.17) is 20.3 Å². The van der Waals surface area contributed by atoms with E-state index in [2.05, 4.69) is 15.3 Å². The van der Waals surface area contributed by atoms with Gasteiger partial charge in [0.15, 0.2) is 0 Å². The molecule has 3 aromatic carbocycles. The summed E-state index contributed by atoms with van der Waals surface area (Å²) in [5.74, 6) is 0.912. The molecule has 1 unspecified atom stereocenters. The fourth-order valence-corrected chi connectivity index (χ4v) is 4.44. The van der Waals surface area contributed by atoms with Crippen LogP contribution in [0.5, 0.6) is 5.75 Å². The van der Waals surface area contributed by atoms with Crippen LogP contribution in [0.1, 0.15) is 36.8 Å². The number of rotatable bonds is 8. The maximum atomic E-state index is 14.2. The highest BCUT2D eigenvalue weighted by atomic mass is 19.1. The van der Waals surface area contributed by atoms with Gasteiger partial charge in [-0.1, -0.05) is 24.3 Å². The van der Waals surface area contributed by atoms with Gasteiger partial charge in [-0.15, -0.1) is 0 Å². The van der Waals surface area contributed by atoms with Crippen molar-refractivity contribution in [2.45, 2.75) is 19.9 Å². The van der Waals surface area contributed by atoms with Crippen LogP contribution in [0.3, 0.4) is 0 Å². The van der Waals surface area contributed by atoms with Gasteiger partial charge < -0.3 is 20.2 Å². The lowest BCUT2D eigenvalue weighted by Gasteiger charge is -2.20. The molecule has 0 saturated heterocycles. The zero-order valence-electron chi connectivity index (χ0n) is 21.4. The first kappa shape index (κ1) is 25.6. The predicted octanol–water partition coefficient (Wildman–Crippen LogP) is 5.96. The molecular weight excluding hydrogens is 497 g/mol. The first-order chi connectivity index (χ1) is 18.9. The number of hydrogen-bond acceptors (Lipinski definition) is 8. The number of nitrogens with zero attached hydrogens (tertiary/aromatic N) is 2. The predicted molar refractivity (Wildman–Crippen MR) is 150 cm³/mol. The molecule has 0 aliphatic heterocycles. The van der Waals surface area contributed by atoms with Gasteiger partial charge in [-0.3, -0.25) is 10.2 Å². The number of ether oxygens (including phenoxy) is 1. The van der Waals surface area contributed by atoms with Crippen LogP contribution in [-0.4, -0.2) is 22.3 Å². The number of para-hydroxylation sites is 1. The average molecular weight is 524 g/mol. The zero-order chi connectivity index (χ0) is 27.5.